The van der Waals surface area contributed by atoms with Crippen LogP contribution >= 0.6 is 11.8 Å². The zero-order valence-electron chi connectivity index (χ0n) is 13.0. The van der Waals surface area contributed by atoms with Gasteiger partial charge in [0.05, 0.1) is 44.4 Å². The fraction of sp³-hybridized carbons (Fsp3) is 0.857. The van der Waals surface area contributed by atoms with Crippen LogP contribution in [0, 0.1) is 5.92 Å². The van der Waals surface area contributed by atoms with Crippen LogP contribution in [0.25, 0.3) is 0 Å². The number of amides is 1. The molecule has 0 radical (unpaired) electrons. The van der Waals surface area contributed by atoms with Crippen LogP contribution in [0.2, 0.25) is 0 Å². The van der Waals surface area contributed by atoms with E-state index < -0.39 is 30.1 Å². The van der Waals surface area contributed by atoms with E-state index in [1.807, 2.05) is 0 Å². The van der Waals surface area contributed by atoms with E-state index in [2.05, 4.69) is 10.3 Å². The van der Waals surface area contributed by atoms with Gasteiger partial charge in [0.1, 0.15) is 19.2 Å². The number of quaternary nitrogens is 1. The number of nitrogens with two attached hydrogens (primary N) is 1. The van der Waals surface area contributed by atoms with Crippen molar-refractivity contribution in [2.45, 2.75) is 29.9 Å². The Labute approximate surface area is 139 Å². The average molecular weight is 345 g/mol. The molecule has 1 aliphatic carbocycles. The van der Waals surface area contributed by atoms with E-state index in [-0.39, 0.29) is 11.7 Å². The number of hydrogen-bond donors (Lipinski definition) is 5. The predicted octanol–water partition coefficient (Wildman–Crippen LogP) is -3.44. The summed E-state index contributed by atoms with van der Waals surface area (Å²) in [5, 5.41) is 23.9. The van der Waals surface area contributed by atoms with Crippen molar-refractivity contribution < 1.29 is 24.6 Å². The van der Waals surface area contributed by atoms with Crippen LogP contribution in [-0.2, 0) is 9.53 Å². The molecular formula is C14H25N4O4S+. The molecule has 0 aromatic rings. The molecule has 9 heteroatoms. The fourth-order valence-electron chi connectivity index (χ4n) is 3.41. The summed E-state index contributed by atoms with van der Waals surface area (Å²) in [7, 11) is 0. The molecule has 23 heavy (non-hydrogen) atoms. The van der Waals surface area contributed by atoms with Gasteiger partial charge in [-0.2, -0.15) is 0 Å². The van der Waals surface area contributed by atoms with Gasteiger partial charge in [-0.3, -0.25) is 9.79 Å². The van der Waals surface area contributed by atoms with Crippen molar-refractivity contribution in [1.82, 2.24) is 5.32 Å². The second-order valence-corrected chi connectivity index (χ2v) is 7.52. The van der Waals surface area contributed by atoms with Gasteiger partial charge in [0.25, 0.3) is 0 Å². The summed E-state index contributed by atoms with van der Waals surface area (Å²) in [6.45, 7) is 5.39. The number of rotatable bonds is 4. The Balaban J connectivity index is 1.54. The fourth-order valence-corrected chi connectivity index (χ4v) is 4.81. The molecule has 2 aliphatic heterocycles. The van der Waals surface area contributed by atoms with Crippen LogP contribution < -0.4 is 16.0 Å². The Bertz CT molecular complexity index is 472. The van der Waals surface area contributed by atoms with E-state index in [0.717, 1.165) is 44.6 Å². The van der Waals surface area contributed by atoms with Crippen molar-refractivity contribution in [2.24, 2.45) is 16.6 Å². The van der Waals surface area contributed by atoms with Crippen molar-refractivity contribution >= 4 is 22.8 Å². The van der Waals surface area contributed by atoms with E-state index in [0.29, 0.717) is 0 Å². The number of hydrogen-bond acceptors (Lipinski definition) is 7. The second-order valence-electron chi connectivity index (χ2n) is 6.35. The van der Waals surface area contributed by atoms with Gasteiger partial charge in [0, 0.05) is 5.25 Å². The number of aliphatic hydroxyl groups is 2. The van der Waals surface area contributed by atoms with Crippen LogP contribution in [0.15, 0.2) is 4.99 Å². The number of fused-ring (bicyclic) bond motifs is 1. The number of primary amides is 1. The van der Waals surface area contributed by atoms with Gasteiger partial charge in [-0.15, -0.1) is 0 Å². The molecule has 6 N–H and O–H groups in total. The maximum absolute atomic E-state index is 11.6. The molecule has 3 rings (SSSR count). The Morgan fingerprint density at radius 2 is 2.17 bits per heavy atom. The van der Waals surface area contributed by atoms with Gasteiger partial charge in [-0.25, -0.2) is 0 Å². The lowest BCUT2D eigenvalue weighted by atomic mass is 9.81. The Morgan fingerprint density at radius 1 is 1.43 bits per heavy atom. The standard InChI is InChI=1S/C14H24N4O4S/c15-13(21)8-7-9(19)11(20)10-12(8)23-14(17-10)16-1-2-18-3-5-22-6-4-18/h8-12,19-20H,1-7H2,(H2,15,21)(H,16,17)/p+1/t8-,9+,10-,11-,12+/m0/s1. The van der Waals surface area contributed by atoms with Crippen molar-refractivity contribution in [3.63, 3.8) is 0 Å². The lowest BCUT2D eigenvalue weighted by molar-refractivity contribution is -0.906. The number of aliphatic imine (C=N–C) groups is 1. The van der Waals surface area contributed by atoms with Gasteiger partial charge in [-0.1, -0.05) is 11.8 Å². The number of amidine groups is 1. The highest BCUT2D eigenvalue weighted by Gasteiger charge is 2.49. The van der Waals surface area contributed by atoms with Crippen molar-refractivity contribution in [3.8, 4) is 0 Å². The Morgan fingerprint density at radius 3 is 2.87 bits per heavy atom. The first-order valence-corrected chi connectivity index (χ1v) is 8.99. The summed E-state index contributed by atoms with van der Waals surface area (Å²) < 4.78 is 5.34. The van der Waals surface area contributed by atoms with Crippen LogP contribution in [0.3, 0.4) is 0 Å². The quantitative estimate of drug-likeness (QED) is 0.361. The van der Waals surface area contributed by atoms with Gasteiger partial charge in [0.2, 0.25) is 5.91 Å². The van der Waals surface area contributed by atoms with Gasteiger partial charge >= 0.3 is 0 Å². The maximum Gasteiger partial charge on any atom is 0.221 e. The first kappa shape index (κ1) is 17.0. The monoisotopic (exact) mass is 345 g/mol. The summed E-state index contributed by atoms with van der Waals surface area (Å²) in [6.07, 6.45) is -1.69. The molecule has 5 atom stereocenters. The van der Waals surface area contributed by atoms with Crippen LogP contribution in [0.5, 0.6) is 0 Å². The first-order chi connectivity index (χ1) is 11.1. The van der Waals surface area contributed by atoms with Crippen molar-refractivity contribution in [2.75, 3.05) is 39.4 Å². The van der Waals surface area contributed by atoms with E-state index in [1.54, 1.807) is 0 Å². The number of morpholine rings is 1. The van der Waals surface area contributed by atoms with Gasteiger partial charge < -0.3 is 30.9 Å². The molecule has 1 saturated carbocycles. The second kappa shape index (κ2) is 7.35. The largest absolute Gasteiger partial charge is 0.390 e. The normalized spacial score (nSPS) is 38.0. The maximum atomic E-state index is 11.6. The number of thioether (sulfide) groups is 1. The number of aliphatic hydroxyl groups excluding tert-OH is 2. The smallest absolute Gasteiger partial charge is 0.221 e. The number of carbonyl (C=O) groups excluding carboxylic acids is 1. The summed E-state index contributed by atoms with van der Waals surface area (Å²) >= 11 is 1.46. The molecule has 0 unspecified atom stereocenters. The van der Waals surface area contributed by atoms with E-state index in [9.17, 15) is 15.0 Å². The van der Waals surface area contributed by atoms with Gasteiger partial charge in [-0.05, 0) is 6.42 Å². The van der Waals surface area contributed by atoms with Crippen LogP contribution in [-0.4, -0.2) is 84.2 Å². The number of nitrogens with zero attached hydrogens (tertiary/aromatic N) is 1. The molecule has 2 fully saturated rings. The third-order valence-electron chi connectivity index (χ3n) is 4.81. The van der Waals surface area contributed by atoms with Crippen molar-refractivity contribution in [3.05, 3.63) is 0 Å². The van der Waals surface area contributed by atoms with Crippen LogP contribution in [0.4, 0.5) is 0 Å². The summed E-state index contributed by atoms with van der Waals surface area (Å²) in [5.41, 5.74) is 5.44. The van der Waals surface area contributed by atoms with E-state index in [4.69, 9.17) is 10.5 Å². The minimum absolute atomic E-state index is 0.191. The van der Waals surface area contributed by atoms with Gasteiger partial charge in [0.15, 0.2) is 5.17 Å². The van der Waals surface area contributed by atoms with Crippen molar-refractivity contribution in [1.29, 1.82) is 0 Å². The predicted molar refractivity (Wildman–Crippen MR) is 86.3 cm³/mol. The van der Waals surface area contributed by atoms with E-state index in [1.165, 1.54) is 16.7 Å². The summed E-state index contributed by atoms with van der Waals surface area (Å²) in [6, 6.07) is -0.473. The minimum atomic E-state index is -0.949. The zero-order valence-corrected chi connectivity index (χ0v) is 13.8. The molecule has 3 aliphatic rings. The molecule has 0 aromatic carbocycles. The number of ether oxygens (including phenoxy) is 1. The molecule has 1 saturated heterocycles. The molecule has 1 amide bonds. The SMILES string of the molecule is NC(=O)[C@H]1C[C@@H](O)[C@H](O)[C@@H]2N=C(NCC[NH+]3CCOCC3)S[C@@H]21. The third-order valence-corrected chi connectivity index (χ3v) is 6.16. The minimum Gasteiger partial charge on any atom is -0.390 e. The number of nitrogens with one attached hydrogen (secondary N) is 2. The highest BCUT2D eigenvalue weighted by Crippen LogP contribution is 2.40. The zero-order chi connectivity index (χ0) is 16.4. The molecule has 0 aromatic heterocycles. The third kappa shape index (κ3) is 3.80. The Kier molecular flexibility index (Phi) is 5.42. The lowest BCUT2D eigenvalue weighted by Crippen LogP contribution is -3.14. The average Bonchev–Trinajstić information content (AvgIpc) is 2.96. The summed E-state index contributed by atoms with van der Waals surface area (Å²) in [4.78, 5) is 17.6. The molecule has 0 bridgehead atoms. The summed E-state index contributed by atoms with van der Waals surface area (Å²) in [5.74, 6) is -0.899. The molecule has 130 valence electrons. The first-order valence-electron chi connectivity index (χ1n) is 8.11. The molecule has 2 heterocycles. The molecular weight excluding hydrogens is 320 g/mol. The highest BCUT2D eigenvalue weighted by atomic mass is 32.2. The Hall–Kier alpha value is -0.870. The molecule has 8 nitrogen and oxygen atoms in total. The number of carbonyl (C=O) groups is 1. The van der Waals surface area contributed by atoms with E-state index >= 15 is 0 Å². The molecule has 0 spiro atoms. The van der Waals surface area contributed by atoms with Crippen LogP contribution in [0.1, 0.15) is 6.42 Å². The highest BCUT2D eigenvalue weighted by molar-refractivity contribution is 8.14. The topological polar surface area (TPSA) is 122 Å². The lowest BCUT2D eigenvalue weighted by Gasteiger charge is -2.36.